The third kappa shape index (κ3) is 2.17. The highest BCUT2D eigenvalue weighted by Crippen LogP contribution is 2.05. The van der Waals surface area contributed by atoms with Crippen LogP contribution in [-0.4, -0.2) is 15.0 Å². The number of H-pyrrole nitrogens is 1. The van der Waals surface area contributed by atoms with Gasteiger partial charge in [-0.3, -0.25) is 4.98 Å². The molecule has 0 unspecified atom stereocenters. The quantitative estimate of drug-likeness (QED) is 0.610. The van der Waals surface area contributed by atoms with Crippen molar-refractivity contribution in [3.8, 4) is 0 Å². The summed E-state index contributed by atoms with van der Waals surface area (Å²) in [6.45, 7) is 0. The molecule has 0 bridgehead atoms. The summed E-state index contributed by atoms with van der Waals surface area (Å²) in [5.41, 5.74) is 3.91. The number of benzene rings is 1. The Labute approximate surface area is 85.5 Å². The van der Waals surface area contributed by atoms with E-state index in [1.165, 1.54) is 0 Å². The van der Waals surface area contributed by atoms with Crippen LogP contribution in [0.4, 0.5) is 0 Å². The molecule has 0 fully saturated rings. The lowest BCUT2D eigenvalue weighted by molar-refractivity contribution is 1.34. The highest BCUT2D eigenvalue weighted by molar-refractivity contribution is 7.07. The van der Waals surface area contributed by atoms with E-state index in [0.29, 0.717) is 0 Å². The van der Waals surface area contributed by atoms with Crippen molar-refractivity contribution in [1.82, 2.24) is 15.0 Å². The summed E-state index contributed by atoms with van der Waals surface area (Å²) in [6.07, 6.45) is 3.47. The monoisotopic (exact) mass is 203 g/mol. The summed E-state index contributed by atoms with van der Waals surface area (Å²) in [6, 6.07) is 7.94. The molecular weight excluding hydrogens is 194 g/mol. The van der Waals surface area contributed by atoms with Crippen LogP contribution in [0.5, 0.6) is 0 Å². The summed E-state index contributed by atoms with van der Waals surface area (Å²) in [5, 5.41) is 1.93. The SMILES string of the molecule is c1ccc2[nH]cnc2c1.c1cscn1. The summed E-state index contributed by atoms with van der Waals surface area (Å²) < 4.78 is 0. The maximum atomic E-state index is 4.06. The fraction of sp³-hybridized carbons (Fsp3) is 0. The van der Waals surface area contributed by atoms with Crippen molar-refractivity contribution >= 4 is 22.4 Å². The Hall–Kier alpha value is -1.68. The molecule has 0 aliphatic carbocycles. The average Bonchev–Trinajstić information content (AvgIpc) is 2.92. The molecule has 2 aromatic heterocycles. The van der Waals surface area contributed by atoms with Gasteiger partial charge in [0.15, 0.2) is 0 Å². The van der Waals surface area contributed by atoms with E-state index in [2.05, 4.69) is 15.0 Å². The molecule has 0 aliphatic rings. The molecule has 3 nitrogen and oxygen atoms in total. The Morgan fingerprint density at radius 2 is 2.14 bits per heavy atom. The zero-order valence-corrected chi connectivity index (χ0v) is 8.24. The standard InChI is InChI=1S/C7H6N2.C3H3NS/c1-2-4-7-6(3-1)8-5-9-7;1-2-5-3-4-1/h1-5H,(H,8,9);1-3H. The molecule has 14 heavy (non-hydrogen) atoms. The van der Waals surface area contributed by atoms with Gasteiger partial charge in [0.05, 0.1) is 22.9 Å². The van der Waals surface area contributed by atoms with E-state index in [1.807, 2.05) is 29.6 Å². The summed E-state index contributed by atoms with van der Waals surface area (Å²) in [5.74, 6) is 0. The smallest absolute Gasteiger partial charge is 0.0931 e. The van der Waals surface area contributed by atoms with E-state index in [4.69, 9.17) is 0 Å². The van der Waals surface area contributed by atoms with Crippen molar-refractivity contribution in [3.63, 3.8) is 0 Å². The third-order valence-electron chi connectivity index (χ3n) is 1.67. The van der Waals surface area contributed by atoms with Gasteiger partial charge in [-0.15, -0.1) is 11.3 Å². The van der Waals surface area contributed by atoms with E-state index in [0.717, 1.165) is 11.0 Å². The molecule has 0 atom stereocenters. The summed E-state index contributed by atoms with van der Waals surface area (Å²) >= 11 is 1.60. The van der Waals surface area contributed by atoms with Gasteiger partial charge in [-0.1, -0.05) is 12.1 Å². The molecule has 2 heterocycles. The number of fused-ring (bicyclic) bond motifs is 1. The topological polar surface area (TPSA) is 41.6 Å². The second kappa shape index (κ2) is 4.53. The fourth-order valence-electron chi connectivity index (χ4n) is 1.06. The van der Waals surface area contributed by atoms with Crippen molar-refractivity contribution in [2.75, 3.05) is 0 Å². The second-order valence-electron chi connectivity index (χ2n) is 2.60. The maximum absolute atomic E-state index is 4.06. The number of rotatable bonds is 0. The van der Waals surface area contributed by atoms with E-state index in [1.54, 1.807) is 29.4 Å². The number of hydrogen-bond donors (Lipinski definition) is 1. The van der Waals surface area contributed by atoms with Crippen LogP contribution in [0, 0.1) is 0 Å². The zero-order valence-electron chi connectivity index (χ0n) is 7.42. The maximum Gasteiger partial charge on any atom is 0.0931 e. The Bertz CT molecular complexity index is 425. The second-order valence-corrected chi connectivity index (χ2v) is 3.35. The first-order valence-corrected chi connectivity index (χ1v) is 5.11. The predicted molar refractivity (Wildman–Crippen MR) is 58.2 cm³/mol. The molecule has 0 radical (unpaired) electrons. The minimum Gasteiger partial charge on any atom is -0.345 e. The molecule has 1 aromatic carbocycles. The molecule has 0 saturated carbocycles. The fourth-order valence-corrected chi connectivity index (χ4v) is 1.41. The number of imidazole rings is 1. The first-order chi connectivity index (χ1) is 6.97. The van der Waals surface area contributed by atoms with Crippen LogP contribution in [0.1, 0.15) is 0 Å². The molecule has 1 N–H and O–H groups in total. The zero-order chi connectivity index (χ0) is 9.64. The van der Waals surface area contributed by atoms with Gasteiger partial charge in [0.2, 0.25) is 0 Å². The summed E-state index contributed by atoms with van der Waals surface area (Å²) in [7, 11) is 0. The molecule has 3 aromatic rings. The van der Waals surface area contributed by atoms with Crippen LogP contribution < -0.4 is 0 Å². The van der Waals surface area contributed by atoms with Crippen molar-refractivity contribution < 1.29 is 0 Å². The van der Waals surface area contributed by atoms with Gasteiger partial charge in [0, 0.05) is 11.6 Å². The average molecular weight is 203 g/mol. The van der Waals surface area contributed by atoms with Gasteiger partial charge in [0.1, 0.15) is 0 Å². The summed E-state index contributed by atoms with van der Waals surface area (Å²) in [4.78, 5) is 10.8. The lowest BCUT2D eigenvalue weighted by Crippen LogP contribution is -1.63. The van der Waals surface area contributed by atoms with Crippen LogP contribution in [0.15, 0.2) is 47.7 Å². The van der Waals surface area contributed by atoms with Crippen molar-refractivity contribution in [2.24, 2.45) is 0 Å². The van der Waals surface area contributed by atoms with Crippen LogP contribution in [0.2, 0.25) is 0 Å². The van der Waals surface area contributed by atoms with Gasteiger partial charge in [-0.05, 0) is 12.1 Å². The van der Waals surface area contributed by atoms with Crippen LogP contribution in [-0.2, 0) is 0 Å². The lowest BCUT2D eigenvalue weighted by Gasteiger charge is -1.81. The van der Waals surface area contributed by atoms with Gasteiger partial charge in [-0.25, -0.2) is 4.98 Å². The predicted octanol–water partition coefficient (Wildman–Crippen LogP) is 2.71. The highest BCUT2D eigenvalue weighted by atomic mass is 32.1. The van der Waals surface area contributed by atoms with E-state index in [-0.39, 0.29) is 0 Å². The number of hydrogen-bond acceptors (Lipinski definition) is 3. The van der Waals surface area contributed by atoms with Crippen molar-refractivity contribution in [2.45, 2.75) is 0 Å². The van der Waals surface area contributed by atoms with Crippen LogP contribution in [0.3, 0.4) is 0 Å². The minimum absolute atomic E-state index is 1.03. The molecule has 70 valence electrons. The lowest BCUT2D eigenvalue weighted by atomic mass is 10.3. The van der Waals surface area contributed by atoms with Gasteiger partial charge < -0.3 is 4.98 Å². The molecule has 3 rings (SSSR count). The normalized spacial score (nSPS) is 9.43. The number of nitrogens with one attached hydrogen (secondary N) is 1. The number of aromatic nitrogens is 3. The number of nitrogens with zero attached hydrogens (tertiary/aromatic N) is 2. The number of aromatic amines is 1. The Kier molecular flexibility index (Phi) is 2.88. The molecule has 0 spiro atoms. The third-order valence-corrected chi connectivity index (χ3v) is 2.20. The minimum atomic E-state index is 1.03. The number of thiazole rings is 1. The molecule has 4 heteroatoms. The van der Waals surface area contributed by atoms with Gasteiger partial charge in [-0.2, -0.15) is 0 Å². The van der Waals surface area contributed by atoms with E-state index < -0.39 is 0 Å². The molecule has 0 aliphatic heterocycles. The van der Waals surface area contributed by atoms with Gasteiger partial charge in [0.25, 0.3) is 0 Å². The van der Waals surface area contributed by atoms with Crippen LogP contribution >= 0.6 is 11.3 Å². The Balaban J connectivity index is 0.000000128. The number of para-hydroxylation sites is 2. The Morgan fingerprint density at radius 3 is 2.79 bits per heavy atom. The first kappa shape index (κ1) is 8.90. The molecular formula is C10H9N3S. The van der Waals surface area contributed by atoms with Gasteiger partial charge >= 0.3 is 0 Å². The highest BCUT2D eigenvalue weighted by Gasteiger charge is 1.88. The van der Waals surface area contributed by atoms with E-state index in [9.17, 15) is 0 Å². The molecule has 0 amide bonds. The van der Waals surface area contributed by atoms with Crippen molar-refractivity contribution in [3.05, 3.63) is 47.7 Å². The largest absolute Gasteiger partial charge is 0.345 e. The van der Waals surface area contributed by atoms with E-state index >= 15 is 0 Å². The van der Waals surface area contributed by atoms with Crippen molar-refractivity contribution in [1.29, 1.82) is 0 Å². The van der Waals surface area contributed by atoms with Crippen LogP contribution in [0.25, 0.3) is 11.0 Å². The molecule has 0 saturated heterocycles. The Morgan fingerprint density at radius 1 is 1.21 bits per heavy atom. The first-order valence-electron chi connectivity index (χ1n) is 4.17.